The van der Waals surface area contributed by atoms with Gasteiger partial charge in [-0.2, -0.15) is 0 Å². The highest BCUT2D eigenvalue weighted by molar-refractivity contribution is 6.33. The lowest BCUT2D eigenvalue weighted by Crippen LogP contribution is -1.88. The molecule has 1 aromatic carbocycles. The second kappa shape index (κ2) is 3.43. The Hall–Kier alpha value is -1.75. The maximum Gasteiger partial charge on any atom is 0.230 e. The standard InChI is InChI=1S/C9H6ClFN2O2/c10-5-1-2-6(11)8(14)7(5)4-3-13-15-9(4)12/h1-3,14H,12H2. The van der Waals surface area contributed by atoms with Crippen LogP contribution in [0.3, 0.4) is 0 Å². The summed E-state index contributed by atoms with van der Waals surface area (Å²) in [5.74, 6) is -1.38. The van der Waals surface area contributed by atoms with Crippen LogP contribution < -0.4 is 5.73 Å². The average molecular weight is 229 g/mol. The first-order chi connectivity index (χ1) is 7.11. The maximum absolute atomic E-state index is 13.1. The van der Waals surface area contributed by atoms with Gasteiger partial charge in [0.25, 0.3) is 0 Å². The number of aromatic nitrogens is 1. The number of phenols is 1. The average Bonchev–Trinajstić information content (AvgIpc) is 2.60. The molecule has 2 rings (SSSR count). The van der Waals surface area contributed by atoms with Crippen LogP contribution in [0.25, 0.3) is 11.1 Å². The number of phenolic OH excluding ortho intramolecular Hbond substituents is 1. The van der Waals surface area contributed by atoms with Crippen LogP contribution in [0.1, 0.15) is 0 Å². The molecule has 2 aromatic rings. The molecule has 0 radical (unpaired) electrons. The van der Waals surface area contributed by atoms with Gasteiger partial charge < -0.3 is 15.4 Å². The number of halogens is 2. The van der Waals surface area contributed by atoms with Crippen LogP contribution in [0, 0.1) is 5.82 Å². The molecule has 15 heavy (non-hydrogen) atoms. The van der Waals surface area contributed by atoms with E-state index < -0.39 is 11.6 Å². The molecule has 1 aromatic heterocycles. The number of nitrogen functional groups attached to an aromatic ring is 1. The topological polar surface area (TPSA) is 72.3 Å². The van der Waals surface area contributed by atoms with E-state index in [0.717, 1.165) is 6.07 Å². The van der Waals surface area contributed by atoms with E-state index in [1.807, 2.05) is 0 Å². The smallest absolute Gasteiger partial charge is 0.230 e. The van der Waals surface area contributed by atoms with E-state index in [9.17, 15) is 9.50 Å². The van der Waals surface area contributed by atoms with Crippen molar-refractivity contribution in [1.82, 2.24) is 5.16 Å². The molecular formula is C9H6ClFN2O2. The van der Waals surface area contributed by atoms with E-state index in [1.165, 1.54) is 12.3 Å². The fourth-order valence-corrected chi connectivity index (χ4v) is 1.49. The van der Waals surface area contributed by atoms with Gasteiger partial charge >= 0.3 is 0 Å². The van der Waals surface area contributed by atoms with E-state index in [0.29, 0.717) is 0 Å². The van der Waals surface area contributed by atoms with Gasteiger partial charge in [0.1, 0.15) is 0 Å². The van der Waals surface area contributed by atoms with Gasteiger partial charge in [0.05, 0.1) is 22.3 Å². The molecule has 0 aliphatic rings. The summed E-state index contributed by atoms with van der Waals surface area (Å²) < 4.78 is 17.7. The molecule has 0 fully saturated rings. The number of hydrogen-bond acceptors (Lipinski definition) is 4. The Morgan fingerprint density at radius 3 is 2.80 bits per heavy atom. The molecule has 0 amide bonds. The summed E-state index contributed by atoms with van der Waals surface area (Å²) in [6.45, 7) is 0. The predicted molar refractivity (Wildman–Crippen MR) is 53.0 cm³/mol. The second-order valence-corrected chi connectivity index (χ2v) is 3.26. The number of nitrogens with zero attached hydrogens (tertiary/aromatic N) is 1. The van der Waals surface area contributed by atoms with Gasteiger partial charge in [-0.15, -0.1) is 0 Å². The third-order valence-electron chi connectivity index (χ3n) is 1.95. The zero-order chi connectivity index (χ0) is 11.0. The van der Waals surface area contributed by atoms with Gasteiger partial charge in [0, 0.05) is 0 Å². The number of benzene rings is 1. The summed E-state index contributed by atoms with van der Waals surface area (Å²) in [4.78, 5) is 0. The zero-order valence-corrected chi connectivity index (χ0v) is 8.12. The number of nitrogens with two attached hydrogens (primary N) is 1. The van der Waals surface area contributed by atoms with E-state index in [1.54, 1.807) is 0 Å². The Bertz CT molecular complexity index is 513. The predicted octanol–water partition coefficient (Wildman–Crippen LogP) is 2.42. The van der Waals surface area contributed by atoms with Gasteiger partial charge in [-0.3, -0.25) is 0 Å². The Kier molecular flexibility index (Phi) is 2.24. The fraction of sp³-hybridized carbons (Fsp3) is 0. The molecular weight excluding hydrogens is 223 g/mol. The summed E-state index contributed by atoms with van der Waals surface area (Å²) in [6, 6.07) is 2.38. The van der Waals surface area contributed by atoms with Crippen LogP contribution in [0.5, 0.6) is 5.75 Å². The van der Waals surface area contributed by atoms with Gasteiger partial charge in [0.15, 0.2) is 11.6 Å². The SMILES string of the molecule is Nc1oncc1-c1c(Cl)ccc(F)c1O. The molecule has 6 heteroatoms. The Morgan fingerprint density at radius 1 is 1.47 bits per heavy atom. The monoisotopic (exact) mass is 228 g/mol. The largest absolute Gasteiger partial charge is 0.504 e. The van der Waals surface area contributed by atoms with Crippen molar-refractivity contribution in [1.29, 1.82) is 0 Å². The Morgan fingerprint density at radius 2 is 2.20 bits per heavy atom. The van der Waals surface area contributed by atoms with Crippen molar-refractivity contribution in [2.75, 3.05) is 5.73 Å². The van der Waals surface area contributed by atoms with Gasteiger partial charge in [-0.25, -0.2) is 4.39 Å². The Labute approximate surface area is 89.1 Å². The second-order valence-electron chi connectivity index (χ2n) is 2.86. The minimum Gasteiger partial charge on any atom is -0.504 e. The number of hydrogen-bond donors (Lipinski definition) is 2. The molecule has 0 aliphatic heterocycles. The normalized spacial score (nSPS) is 10.5. The lowest BCUT2D eigenvalue weighted by molar-refractivity contribution is 0.433. The summed E-state index contributed by atoms with van der Waals surface area (Å²) in [6.07, 6.45) is 1.26. The summed E-state index contributed by atoms with van der Waals surface area (Å²) in [5.41, 5.74) is 5.78. The molecule has 3 N–H and O–H groups in total. The minimum absolute atomic E-state index is 0.0298. The number of anilines is 1. The molecule has 0 atom stereocenters. The molecule has 78 valence electrons. The van der Waals surface area contributed by atoms with Crippen molar-refractivity contribution in [3.63, 3.8) is 0 Å². The molecule has 0 bridgehead atoms. The van der Waals surface area contributed by atoms with E-state index in [2.05, 4.69) is 9.68 Å². The van der Waals surface area contributed by atoms with Crippen molar-refractivity contribution >= 4 is 17.5 Å². The van der Waals surface area contributed by atoms with Crippen LogP contribution in [0.4, 0.5) is 10.3 Å². The molecule has 0 aliphatic carbocycles. The van der Waals surface area contributed by atoms with E-state index in [4.69, 9.17) is 17.3 Å². The van der Waals surface area contributed by atoms with E-state index >= 15 is 0 Å². The van der Waals surface area contributed by atoms with Crippen LogP contribution in [0.2, 0.25) is 5.02 Å². The maximum atomic E-state index is 13.1. The van der Waals surface area contributed by atoms with Crippen LogP contribution >= 0.6 is 11.6 Å². The van der Waals surface area contributed by atoms with Gasteiger partial charge in [-0.1, -0.05) is 16.8 Å². The van der Waals surface area contributed by atoms with Crippen LogP contribution in [-0.4, -0.2) is 10.3 Å². The zero-order valence-electron chi connectivity index (χ0n) is 7.37. The molecule has 0 saturated heterocycles. The molecule has 0 unspecified atom stereocenters. The van der Waals surface area contributed by atoms with Crippen molar-refractivity contribution < 1.29 is 14.0 Å². The van der Waals surface area contributed by atoms with Crippen LogP contribution in [-0.2, 0) is 0 Å². The van der Waals surface area contributed by atoms with Gasteiger partial charge in [-0.05, 0) is 12.1 Å². The van der Waals surface area contributed by atoms with Gasteiger partial charge in [0.2, 0.25) is 5.88 Å². The van der Waals surface area contributed by atoms with Crippen molar-refractivity contribution in [3.8, 4) is 16.9 Å². The number of aromatic hydroxyl groups is 1. The van der Waals surface area contributed by atoms with Crippen molar-refractivity contribution in [2.45, 2.75) is 0 Å². The minimum atomic E-state index is -0.782. The summed E-state index contributed by atoms with van der Waals surface area (Å²) in [5, 5.41) is 13.1. The van der Waals surface area contributed by atoms with Crippen molar-refractivity contribution in [2.24, 2.45) is 0 Å². The highest BCUT2D eigenvalue weighted by atomic mass is 35.5. The molecule has 4 nitrogen and oxygen atoms in total. The summed E-state index contributed by atoms with van der Waals surface area (Å²) in [7, 11) is 0. The first-order valence-corrected chi connectivity index (χ1v) is 4.36. The lowest BCUT2D eigenvalue weighted by Gasteiger charge is -2.05. The molecule has 0 saturated carbocycles. The van der Waals surface area contributed by atoms with Crippen LogP contribution in [0.15, 0.2) is 22.9 Å². The first-order valence-electron chi connectivity index (χ1n) is 3.98. The Balaban J connectivity index is 2.72. The lowest BCUT2D eigenvalue weighted by atomic mass is 10.1. The number of rotatable bonds is 1. The first kappa shape index (κ1) is 9.79. The quantitative estimate of drug-likeness (QED) is 0.786. The van der Waals surface area contributed by atoms with Crippen molar-refractivity contribution in [3.05, 3.63) is 29.2 Å². The third-order valence-corrected chi connectivity index (χ3v) is 2.26. The molecule has 1 heterocycles. The highest BCUT2D eigenvalue weighted by Crippen LogP contribution is 2.39. The highest BCUT2D eigenvalue weighted by Gasteiger charge is 2.18. The third kappa shape index (κ3) is 1.50. The summed E-state index contributed by atoms with van der Waals surface area (Å²) >= 11 is 5.81. The fourth-order valence-electron chi connectivity index (χ4n) is 1.23. The molecule has 0 spiro atoms. The van der Waals surface area contributed by atoms with E-state index in [-0.39, 0.29) is 22.0 Å².